The van der Waals surface area contributed by atoms with Crippen molar-refractivity contribution >= 4 is 5.95 Å². The number of piperazine rings is 1. The van der Waals surface area contributed by atoms with Gasteiger partial charge in [-0.1, -0.05) is 6.07 Å². The van der Waals surface area contributed by atoms with Crippen LogP contribution < -0.4 is 9.64 Å². The summed E-state index contributed by atoms with van der Waals surface area (Å²) in [7, 11) is 1.63. The first-order valence-electron chi connectivity index (χ1n) is 7.59. The monoisotopic (exact) mass is 299 g/mol. The van der Waals surface area contributed by atoms with Gasteiger partial charge < -0.3 is 9.64 Å². The summed E-state index contributed by atoms with van der Waals surface area (Å²) in [6.07, 6.45) is 4.60. The topological polar surface area (TPSA) is 54.4 Å². The van der Waals surface area contributed by atoms with Gasteiger partial charge in [-0.25, -0.2) is 4.98 Å². The SMILES string of the molecule is COc1ccnc(N2CCN(CCc3ccccn3)CC2)n1. The smallest absolute Gasteiger partial charge is 0.228 e. The number of nitrogens with zero attached hydrogens (tertiary/aromatic N) is 5. The molecule has 0 unspecified atom stereocenters. The zero-order chi connectivity index (χ0) is 15.2. The number of pyridine rings is 1. The summed E-state index contributed by atoms with van der Waals surface area (Å²) >= 11 is 0. The lowest BCUT2D eigenvalue weighted by Crippen LogP contribution is -2.47. The van der Waals surface area contributed by atoms with Gasteiger partial charge in [-0.3, -0.25) is 9.88 Å². The van der Waals surface area contributed by atoms with E-state index in [1.165, 1.54) is 0 Å². The van der Waals surface area contributed by atoms with Crippen LogP contribution in [0.3, 0.4) is 0 Å². The molecule has 2 aromatic heterocycles. The summed E-state index contributed by atoms with van der Waals surface area (Å²) in [6.45, 7) is 4.97. The van der Waals surface area contributed by atoms with Crippen molar-refractivity contribution in [2.45, 2.75) is 6.42 Å². The van der Waals surface area contributed by atoms with Crippen molar-refractivity contribution in [3.8, 4) is 5.88 Å². The molecule has 22 heavy (non-hydrogen) atoms. The Labute approximate surface area is 130 Å². The number of hydrogen-bond acceptors (Lipinski definition) is 6. The number of anilines is 1. The van der Waals surface area contributed by atoms with E-state index >= 15 is 0 Å². The van der Waals surface area contributed by atoms with Gasteiger partial charge in [0.15, 0.2) is 0 Å². The molecular weight excluding hydrogens is 278 g/mol. The van der Waals surface area contributed by atoms with Crippen molar-refractivity contribution in [1.82, 2.24) is 19.9 Å². The highest BCUT2D eigenvalue weighted by atomic mass is 16.5. The predicted octanol–water partition coefficient (Wildman–Crippen LogP) is 1.24. The Kier molecular flexibility index (Phi) is 4.80. The lowest BCUT2D eigenvalue weighted by molar-refractivity contribution is 0.258. The standard InChI is InChI=1S/C16H21N5O/c1-22-15-5-8-18-16(19-15)21-12-10-20(11-13-21)9-6-14-4-2-3-7-17-14/h2-5,7-8H,6,9-13H2,1H3. The Morgan fingerprint density at radius 3 is 2.64 bits per heavy atom. The molecule has 0 spiro atoms. The normalized spacial score (nSPS) is 15.8. The number of ether oxygens (including phenoxy) is 1. The van der Waals surface area contributed by atoms with Crippen LogP contribution in [0.2, 0.25) is 0 Å². The Balaban J connectivity index is 1.49. The molecule has 0 saturated carbocycles. The van der Waals surface area contributed by atoms with Crippen LogP contribution in [0.5, 0.6) is 5.88 Å². The molecule has 1 aliphatic heterocycles. The van der Waals surface area contributed by atoms with Crippen LogP contribution in [0.25, 0.3) is 0 Å². The second kappa shape index (κ2) is 7.17. The van der Waals surface area contributed by atoms with Gasteiger partial charge in [0.1, 0.15) is 0 Å². The van der Waals surface area contributed by atoms with Gasteiger partial charge in [0, 0.05) is 63.3 Å². The van der Waals surface area contributed by atoms with E-state index in [0.29, 0.717) is 5.88 Å². The minimum atomic E-state index is 0.614. The van der Waals surface area contributed by atoms with Crippen LogP contribution in [0.4, 0.5) is 5.95 Å². The Hall–Kier alpha value is -2.21. The van der Waals surface area contributed by atoms with Crippen LogP contribution in [-0.4, -0.2) is 59.7 Å². The van der Waals surface area contributed by atoms with Crippen molar-refractivity contribution in [1.29, 1.82) is 0 Å². The maximum atomic E-state index is 5.16. The molecule has 0 N–H and O–H groups in total. The zero-order valence-corrected chi connectivity index (χ0v) is 12.9. The molecule has 0 atom stereocenters. The second-order valence-corrected chi connectivity index (χ2v) is 5.30. The highest BCUT2D eigenvalue weighted by Gasteiger charge is 2.19. The maximum Gasteiger partial charge on any atom is 0.228 e. The van der Waals surface area contributed by atoms with Gasteiger partial charge in [-0.05, 0) is 12.1 Å². The largest absolute Gasteiger partial charge is 0.481 e. The van der Waals surface area contributed by atoms with E-state index in [1.54, 1.807) is 19.4 Å². The van der Waals surface area contributed by atoms with E-state index in [2.05, 4.69) is 30.8 Å². The molecule has 1 aliphatic rings. The van der Waals surface area contributed by atoms with Crippen molar-refractivity contribution in [2.24, 2.45) is 0 Å². The van der Waals surface area contributed by atoms with E-state index in [-0.39, 0.29) is 0 Å². The number of hydrogen-bond donors (Lipinski definition) is 0. The fraction of sp³-hybridized carbons (Fsp3) is 0.438. The Bertz CT molecular complexity index is 584. The molecule has 2 aromatic rings. The van der Waals surface area contributed by atoms with Gasteiger partial charge in [-0.15, -0.1) is 0 Å². The average Bonchev–Trinajstić information content (AvgIpc) is 2.61. The van der Waals surface area contributed by atoms with E-state index in [4.69, 9.17) is 4.74 Å². The molecule has 1 saturated heterocycles. The molecule has 6 heteroatoms. The summed E-state index contributed by atoms with van der Waals surface area (Å²) in [4.78, 5) is 17.8. The van der Waals surface area contributed by atoms with Gasteiger partial charge in [0.05, 0.1) is 7.11 Å². The zero-order valence-electron chi connectivity index (χ0n) is 12.9. The van der Waals surface area contributed by atoms with E-state index in [1.807, 2.05) is 18.3 Å². The first-order chi connectivity index (χ1) is 10.8. The Morgan fingerprint density at radius 2 is 1.91 bits per heavy atom. The van der Waals surface area contributed by atoms with Crippen LogP contribution in [-0.2, 0) is 6.42 Å². The molecule has 3 heterocycles. The molecule has 0 aliphatic carbocycles. The average molecular weight is 299 g/mol. The summed E-state index contributed by atoms with van der Waals surface area (Å²) < 4.78 is 5.16. The first-order valence-corrected chi connectivity index (χ1v) is 7.59. The van der Waals surface area contributed by atoms with Gasteiger partial charge >= 0.3 is 0 Å². The van der Waals surface area contributed by atoms with Crippen LogP contribution in [0.1, 0.15) is 5.69 Å². The molecule has 3 rings (SSSR count). The van der Waals surface area contributed by atoms with Crippen LogP contribution in [0.15, 0.2) is 36.7 Å². The fourth-order valence-corrected chi connectivity index (χ4v) is 2.59. The number of rotatable bonds is 5. The minimum Gasteiger partial charge on any atom is -0.481 e. The third-order valence-corrected chi connectivity index (χ3v) is 3.89. The van der Waals surface area contributed by atoms with Crippen molar-refractivity contribution in [2.75, 3.05) is 44.7 Å². The molecule has 1 fully saturated rings. The predicted molar refractivity (Wildman–Crippen MR) is 85.2 cm³/mol. The number of methoxy groups -OCH3 is 1. The van der Waals surface area contributed by atoms with Gasteiger partial charge in [0.25, 0.3) is 0 Å². The highest BCUT2D eigenvalue weighted by molar-refractivity contribution is 5.32. The summed E-state index contributed by atoms with van der Waals surface area (Å²) in [5.41, 5.74) is 1.15. The molecule has 116 valence electrons. The highest BCUT2D eigenvalue weighted by Crippen LogP contribution is 2.14. The molecule has 6 nitrogen and oxygen atoms in total. The van der Waals surface area contributed by atoms with E-state index < -0.39 is 0 Å². The van der Waals surface area contributed by atoms with Gasteiger partial charge in [-0.2, -0.15) is 4.98 Å². The summed E-state index contributed by atoms with van der Waals surface area (Å²) in [5.74, 6) is 1.37. The lowest BCUT2D eigenvalue weighted by atomic mass is 10.2. The fourth-order valence-electron chi connectivity index (χ4n) is 2.59. The summed E-state index contributed by atoms with van der Waals surface area (Å²) in [5, 5.41) is 0. The first kappa shape index (κ1) is 14.7. The van der Waals surface area contributed by atoms with E-state index in [0.717, 1.165) is 50.8 Å². The van der Waals surface area contributed by atoms with Crippen molar-refractivity contribution < 1.29 is 4.74 Å². The summed E-state index contributed by atoms with van der Waals surface area (Å²) in [6, 6.07) is 7.85. The number of aromatic nitrogens is 3. The van der Waals surface area contributed by atoms with Crippen LogP contribution in [0, 0.1) is 0 Å². The van der Waals surface area contributed by atoms with Gasteiger partial charge in [0.2, 0.25) is 11.8 Å². The lowest BCUT2D eigenvalue weighted by Gasteiger charge is -2.34. The molecule has 0 amide bonds. The van der Waals surface area contributed by atoms with E-state index in [9.17, 15) is 0 Å². The third-order valence-electron chi connectivity index (χ3n) is 3.89. The van der Waals surface area contributed by atoms with Crippen LogP contribution >= 0.6 is 0 Å². The molecule has 0 radical (unpaired) electrons. The maximum absolute atomic E-state index is 5.16. The van der Waals surface area contributed by atoms with Crippen molar-refractivity contribution in [3.05, 3.63) is 42.4 Å². The van der Waals surface area contributed by atoms with Crippen molar-refractivity contribution in [3.63, 3.8) is 0 Å². The Morgan fingerprint density at radius 1 is 1.05 bits per heavy atom. The molecule has 0 aromatic carbocycles. The minimum absolute atomic E-state index is 0.614. The third kappa shape index (κ3) is 3.71. The second-order valence-electron chi connectivity index (χ2n) is 5.30. The quantitative estimate of drug-likeness (QED) is 0.828. The molecule has 0 bridgehead atoms. The molecular formula is C16H21N5O.